The summed E-state index contributed by atoms with van der Waals surface area (Å²) in [6, 6.07) is 5.10. The highest BCUT2D eigenvalue weighted by atomic mass is 19.1. The Morgan fingerprint density at radius 1 is 1.11 bits per heavy atom. The van der Waals surface area contributed by atoms with E-state index in [-0.39, 0.29) is 18.5 Å². The predicted octanol–water partition coefficient (Wildman–Crippen LogP) is 3.43. The molecule has 0 radical (unpaired) electrons. The number of ether oxygens (including phenoxy) is 2. The van der Waals surface area contributed by atoms with Crippen LogP contribution in [0, 0.1) is 11.6 Å². The monoisotopic (exact) mass is 496 g/mol. The van der Waals surface area contributed by atoms with E-state index < -0.39 is 17.7 Å². The number of halogens is 2. The van der Waals surface area contributed by atoms with E-state index in [1.165, 1.54) is 19.2 Å². The smallest absolute Gasteiger partial charge is 0.167 e. The molecule has 1 aromatic carbocycles. The quantitative estimate of drug-likeness (QED) is 0.416. The van der Waals surface area contributed by atoms with Crippen LogP contribution in [0.2, 0.25) is 0 Å². The van der Waals surface area contributed by atoms with Gasteiger partial charge in [-0.15, -0.1) is 0 Å². The first kappa shape index (κ1) is 24.0. The summed E-state index contributed by atoms with van der Waals surface area (Å²) in [5.74, 6) is -0.606. The fraction of sp³-hybridized carbons (Fsp3) is 0.360. The summed E-state index contributed by atoms with van der Waals surface area (Å²) >= 11 is 0. The molecule has 0 aliphatic carbocycles. The molecule has 0 saturated carbocycles. The predicted molar refractivity (Wildman–Crippen MR) is 129 cm³/mol. The third-order valence-electron chi connectivity index (χ3n) is 6.24. The van der Waals surface area contributed by atoms with Crippen molar-refractivity contribution in [2.75, 3.05) is 31.7 Å². The zero-order valence-corrected chi connectivity index (χ0v) is 19.9. The van der Waals surface area contributed by atoms with Crippen molar-refractivity contribution in [1.82, 2.24) is 24.7 Å². The molecule has 9 nitrogen and oxygen atoms in total. The number of anilines is 1. The number of aromatic nitrogens is 5. The van der Waals surface area contributed by atoms with Gasteiger partial charge in [0.05, 0.1) is 30.2 Å². The van der Waals surface area contributed by atoms with Crippen LogP contribution in [-0.4, -0.2) is 62.7 Å². The minimum atomic E-state index is -0.710. The number of benzene rings is 1. The molecule has 188 valence electrons. The van der Waals surface area contributed by atoms with Gasteiger partial charge in [0.1, 0.15) is 29.2 Å². The van der Waals surface area contributed by atoms with Crippen LogP contribution in [0.3, 0.4) is 0 Å². The zero-order chi connectivity index (χ0) is 25.2. The van der Waals surface area contributed by atoms with Crippen LogP contribution in [0.5, 0.6) is 5.75 Å². The number of hydrogen-bond acceptors (Lipinski definition) is 8. The fourth-order valence-electron chi connectivity index (χ4n) is 4.32. The first-order valence-corrected chi connectivity index (χ1v) is 11.6. The summed E-state index contributed by atoms with van der Waals surface area (Å²) in [4.78, 5) is 16.3. The van der Waals surface area contributed by atoms with Gasteiger partial charge >= 0.3 is 0 Å². The molecule has 5 rings (SSSR count). The highest BCUT2D eigenvalue weighted by molar-refractivity contribution is 5.83. The van der Waals surface area contributed by atoms with Gasteiger partial charge in [0, 0.05) is 57.9 Å². The third kappa shape index (κ3) is 4.84. The van der Waals surface area contributed by atoms with Gasteiger partial charge in [0.15, 0.2) is 17.4 Å². The lowest BCUT2D eigenvalue weighted by Crippen LogP contribution is -2.39. The molecule has 0 spiro atoms. The van der Waals surface area contributed by atoms with Crippen molar-refractivity contribution in [2.24, 2.45) is 7.05 Å². The van der Waals surface area contributed by atoms with E-state index in [1.54, 1.807) is 23.1 Å². The van der Waals surface area contributed by atoms with Crippen LogP contribution in [0.15, 0.2) is 42.9 Å². The molecule has 11 heteroatoms. The Hall–Kier alpha value is -3.70. The standard InChI is InChI=1S/C25H26F2N6O3/c1-32-13-15(11-29-32)24-25(31-19-10-20(23(14-34)35-2)28-12-21(19)30-24)33-7-5-17(6-8-33)36-22-4-3-16(26)9-18(22)27/h3-4,9-13,17,23,34H,5-8,14H2,1-2H3/t23-/m1/s1. The Kier molecular flexibility index (Phi) is 6.75. The maximum absolute atomic E-state index is 14.0. The number of fused-ring (bicyclic) bond motifs is 1. The molecule has 4 heterocycles. The molecular weight excluding hydrogens is 470 g/mol. The normalized spacial score (nSPS) is 15.4. The Morgan fingerprint density at radius 3 is 2.58 bits per heavy atom. The number of aliphatic hydroxyl groups excluding tert-OH is 1. The maximum Gasteiger partial charge on any atom is 0.167 e. The van der Waals surface area contributed by atoms with Crippen molar-refractivity contribution in [3.63, 3.8) is 0 Å². The highest BCUT2D eigenvalue weighted by Gasteiger charge is 2.26. The minimum absolute atomic E-state index is 0.0491. The largest absolute Gasteiger partial charge is 0.487 e. The van der Waals surface area contributed by atoms with Crippen LogP contribution in [-0.2, 0) is 11.8 Å². The van der Waals surface area contributed by atoms with E-state index >= 15 is 0 Å². The van der Waals surface area contributed by atoms with Gasteiger partial charge in [0.2, 0.25) is 0 Å². The number of rotatable bonds is 7. The molecular formula is C25H26F2N6O3. The molecule has 0 amide bonds. The summed E-state index contributed by atoms with van der Waals surface area (Å²) in [6.45, 7) is 1.01. The number of nitrogens with zero attached hydrogens (tertiary/aromatic N) is 6. The van der Waals surface area contributed by atoms with E-state index in [0.29, 0.717) is 54.2 Å². The SMILES string of the molecule is CO[C@H](CO)c1cc2nc(N3CCC(Oc4ccc(F)cc4F)CC3)c(-c3cnn(C)c3)nc2cn1. The second-order valence-electron chi connectivity index (χ2n) is 8.68. The van der Waals surface area contributed by atoms with E-state index in [4.69, 9.17) is 19.4 Å². The third-order valence-corrected chi connectivity index (χ3v) is 6.24. The van der Waals surface area contributed by atoms with E-state index in [2.05, 4.69) is 15.0 Å². The van der Waals surface area contributed by atoms with Gasteiger partial charge in [-0.2, -0.15) is 5.10 Å². The molecule has 36 heavy (non-hydrogen) atoms. The summed E-state index contributed by atoms with van der Waals surface area (Å²) in [5.41, 5.74) is 3.31. The number of aryl methyl sites for hydroxylation is 1. The average molecular weight is 497 g/mol. The Bertz CT molecular complexity index is 1370. The van der Waals surface area contributed by atoms with Crippen LogP contribution in [0.1, 0.15) is 24.6 Å². The van der Waals surface area contributed by atoms with Crippen LogP contribution in [0.4, 0.5) is 14.6 Å². The molecule has 1 fully saturated rings. The van der Waals surface area contributed by atoms with Crippen LogP contribution < -0.4 is 9.64 Å². The molecule has 1 saturated heterocycles. The lowest BCUT2D eigenvalue weighted by Gasteiger charge is -2.33. The van der Waals surface area contributed by atoms with E-state index in [9.17, 15) is 13.9 Å². The summed E-state index contributed by atoms with van der Waals surface area (Å²) < 4.78 is 40.1. The molecule has 1 N–H and O–H groups in total. The van der Waals surface area contributed by atoms with Crippen molar-refractivity contribution >= 4 is 16.9 Å². The molecule has 0 unspecified atom stereocenters. The first-order valence-electron chi connectivity index (χ1n) is 11.6. The molecule has 1 aliphatic rings. The Labute approximate surface area is 206 Å². The second-order valence-corrected chi connectivity index (χ2v) is 8.68. The highest BCUT2D eigenvalue weighted by Crippen LogP contribution is 2.32. The Morgan fingerprint density at radius 2 is 1.92 bits per heavy atom. The molecule has 0 bridgehead atoms. The number of methoxy groups -OCH3 is 1. The van der Waals surface area contributed by atoms with Crippen molar-refractivity contribution in [3.05, 3.63) is 60.2 Å². The molecule has 1 aliphatic heterocycles. The van der Waals surface area contributed by atoms with Gasteiger partial charge in [0.25, 0.3) is 0 Å². The number of aliphatic hydroxyl groups is 1. The molecule has 4 aromatic rings. The van der Waals surface area contributed by atoms with Gasteiger partial charge < -0.3 is 19.5 Å². The maximum atomic E-state index is 14.0. The number of hydrogen-bond donors (Lipinski definition) is 1. The number of pyridine rings is 1. The average Bonchev–Trinajstić information content (AvgIpc) is 3.32. The van der Waals surface area contributed by atoms with Gasteiger partial charge in [-0.05, 0) is 18.2 Å². The van der Waals surface area contributed by atoms with Gasteiger partial charge in [-0.1, -0.05) is 0 Å². The van der Waals surface area contributed by atoms with Gasteiger partial charge in [-0.3, -0.25) is 9.67 Å². The fourth-order valence-corrected chi connectivity index (χ4v) is 4.32. The Balaban J connectivity index is 1.44. The van der Waals surface area contributed by atoms with Crippen LogP contribution >= 0.6 is 0 Å². The van der Waals surface area contributed by atoms with Crippen LogP contribution in [0.25, 0.3) is 22.3 Å². The summed E-state index contributed by atoms with van der Waals surface area (Å²) in [6.07, 6.45) is 5.72. The molecule has 3 aromatic heterocycles. The lowest BCUT2D eigenvalue weighted by atomic mass is 10.1. The first-order chi connectivity index (χ1) is 17.4. The second kappa shape index (κ2) is 10.1. The summed E-state index contributed by atoms with van der Waals surface area (Å²) in [7, 11) is 3.35. The summed E-state index contributed by atoms with van der Waals surface area (Å²) in [5, 5.41) is 13.9. The van der Waals surface area contributed by atoms with Crippen molar-refractivity contribution in [1.29, 1.82) is 0 Å². The molecule has 1 atom stereocenters. The topological polar surface area (TPSA) is 98.4 Å². The van der Waals surface area contributed by atoms with E-state index in [1.807, 2.05) is 13.2 Å². The zero-order valence-electron chi connectivity index (χ0n) is 19.9. The van der Waals surface area contributed by atoms with E-state index in [0.717, 1.165) is 11.6 Å². The number of piperidine rings is 1. The van der Waals surface area contributed by atoms with Crippen molar-refractivity contribution in [3.8, 4) is 17.0 Å². The lowest BCUT2D eigenvalue weighted by molar-refractivity contribution is 0.0456. The van der Waals surface area contributed by atoms with Crippen molar-refractivity contribution < 1.29 is 23.4 Å². The van der Waals surface area contributed by atoms with Crippen molar-refractivity contribution in [2.45, 2.75) is 25.0 Å². The van der Waals surface area contributed by atoms with Gasteiger partial charge in [-0.25, -0.2) is 18.7 Å². The minimum Gasteiger partial charge on any atom is -0.487 e.